The fraction of sp³-hybridized carbons (Fsp3) is 1.00. The summed E-state index contributed by atoms with van der Waals surface area (Å²) in [6.07, 6.45) is 8.60. The van der Waals surface area contributed by atoms with Crippen molar-refractivity contribution in [2.24, 2.45) is 0 Å². The van der Waals surface area contributed by atoms with Crippen LogP contribution in [0.2, 0.25) is 0 Å². The Morgan fingerprint density at radius 1 is 1.07 bits per heavy atom. The predicted octanol–water partition coefficient (Wildman–Crippen LogP) is 2.55. The summed E-state index contributed by atoms with van der Waals surface area (Å²) in [5.74, 6) is 0. The van der Waals surface area contributed by atoms with Gasteiger partial charge in [-0.25, -0.2) is 0 Å². The van der Waals surface area contributed by atoms with Gasteiger partial charge in [0.25, 0.3) is 0 Å². The molecule has 2 rings (SSSR count). The highest BCUT2D eigenvalue weighted by molar-refractivity contribution is 4.93. The van der Waals surface area contributed by atoms with Crippen molar-refractivity contribution in [3.05, 3.63) is 0 Å². The fourth-order valence-electron chi connectivity index (χ4n) is 3.36. The molecule has 1 saturated heterocycles. The molecular weight excluding hydrogens is 186 g/mol. The third kappa shape index (κ3) is 2.36. The van der Waals surface area contributed by atoms with Gasteiger partial charge in [-0.2, -0.15) is 0 Å². The number of aliphatic hydroxyl groups excluding tert-OH is 1. The van der Waals surface area contributed by atoms with Crippen molar-refractivity contribution in [1.82, 2.24) is 4.90 Å². The van der Waals surface area contributed by atoms with Gasteiger partial charge in [-0.1, -0.05) is 19.3 Å². The van der Waals surface area contributed by atoms with E-state index in [2.05, 4.69) is 18.7 Å². The molecule has 0 aromatic rings. The lowest BCUT2D eigenvalue weighted by molar-refractivity contribution is -0.0455. The van der Waals surface area contributed by atoms with Crippen molar-refractivity contribution in [3.63, 3.8) is 0 Å². The number of piperidine rings is 1. The summed E-state index contributed by atoms with van der Waals surface area (Å²) < 4.78 is 0. The van der Waals surface area contributed by atoms with Crippen LogP contribution in [-0.2, 0) is 0 Å². The molecule has 2 aliphatic rings. The van der Waals surface area contributed by atoms with E-state index in [1.807, 2.05) is 0 Å². The fourth-order valence-corrected chi connectivity index (χ4v) is 3.36. The molecule has 0 bridgehead atoms. The second kappa shape index (κ2) is 4.42. The average molecular weight is 211 g/mol. The van der Waals surface area contributed by atoms with Crippen LogP contribution < -0.4 is 0 Å². The third-order valence-corrected chi connectivity index (χ3v) is 4.31. The van der Waals surface area contributed by atoms with E-state index in [9.17, 15) is 5.11 Å². The van der Waals surface area contributed by atoms with Crippen molar-refractivity contribution in [1.29, 1.82) is 0 Å². The second-order valence-electron chi connectivity index (χ2n) is 5.88. The van der Waals surface area contributed by atoms with Crippen molar-refractivity contribution in [2.75, 3.05) is 6.54 Å². The minimum Gasteiger partial charge on any atom is -0.391 e. The van der Waals surface area contributed by atoms with Crippen LogP contribution in [0.25, 0.3) is 0 Å². The molecule has 1 N–H and O–H groups in total. The SMILES string of the molecule is CC1(C)CCCCN1C1CCCCC1O. The highest BCUT2D eigenvalue weighted by atomic mass is 16.3. The minimum absolute atomic E-state index is 0.0730. The van der Waals surface area contributed by atoms with Gasteiger partial charge >= 0.3 is 0 Å². The summed E-state index contributed by atoms with van der Waals surface area (Å²) in [4.78, 5) is 2.58. The highest BCUT2D eigenvalue weighted by Gasteiger charge is 2.38. The summed E-state index contributed by atoms with van der Waals surface area (Å²) >= 11 is 0. The summed E-state index contributed by atoms with van der Waals surface area (Å²) in [6.45, 7) is 5.87. The van der Waals surface area contributed by atoms with Gasteiger partial charge in [0.05, 0.1) is 6.10 Å². The Balaban J connectivity index is 2.06. The van der Waals surface area contributed by atoms with Gasteiger partial charge in [0, 0.05) is 11.6 Å². The first-order valence-electron chi connectivity index (χ1n) is 6.56. The van der Waals surface area contributed by atoms with Crippen LogP contribution in [0.4, 0.5) is 0 Å². The minimum atomic E-state index is -0.0730. The molecule has 2 atom stereocenters. The Bertz CT molecular complexity index is 215. The van der Waals surface area contributed by atoms with E-state index in [4.69, 9.17) is 0 Å². The number of nitrogens with zero attached hydrogens (tertiary/aromatic N) is 1. The lowest BCUT2D eigenvalue weighted by atomic mass is 9.83. The molecule has 0 spiro atoms. The highest BCUT2D eigenvalue weighted by Crippen LogP contribution is 2.34. The Labute approximate surface area is 93.7 Å². The summed E-state index contributed by atoms with van der Waals surface area (Å²) in [7, 11) is 0. The van der Waals surface area contributed by atoms with E-state index in [-0.39, 0.29) is 6.10 Å². The van der Waals surface area contributed by atoms with E-state index in [1.165, 1.54) is 45.1 Å². The standard InChI is InChI=1S/C13H25NO/c1-13(2)9-5-6-10-14(13)11-7-3-4-8-12(11)15/h11-12,15H,3-10H2,1-2H3. The van der Waals surface area contributed by atoms with Gasteiger partial charge in [-0.05, 0) is 46.1 Å². The topological polar surface area (TPSA) is 23.5 Å². The molecule has 2 fully saturated rings. The Kier molecular flexibility index (Phi) is 3.36. The molecule has 1 saturated carbocycles. The van der Waals surface area contributed by atoms with Gasteiger partial charge < -0.3 is 5.11 Å². The number of likely N-dealkylation sites (tertiary alicyclic amines) is 1. The molecule has 2 unspecified atom stereocenters. The summed E-state index contributed by atoms with van der Waals surface area (Å²) in [5.41, 5.74) is 0.307. The molecule has 0 amide bonds. The quantitative estimate of drug-likeness (QED) is 0.720. The molecule has 15 heavy (non-hydrogen) atoms. The number of hydrogen-bond acceptors (Lipinski definition) is 2. The molecule has 0 aromatic heterocycles. The van der Waals surface area contributed by atoms with Crippen LogP contribution >= 0.6 is 0 Å². The van der Waals surface area contributed by atoms with Crippen LogP contribution in [0.15, 0.2) is 0 Å². The maximum absolute atomic E-state index is 10.1. The molecule has 88 valence electrons. The zero-order chi connectivity index (χ0) is 10.9. The maximum atomic E-state index is 10.1. The molecule has 2 nitrogen and oxygen atoms in total. The first-order chi connectivity index (χ1) is 7.11. The van der Waals surface area contributed by atoms with Crippen LogP contribution in [-0.4, -0.2) is 34.2 Å². The van der Waals surface area contributed by atoms with E-state index in [0.717, 1.165) is 6.42 Å². The third-order valence-electron chi connectivity index (χ3n) is 4.31. The smallest absolute Gasteiger partial charge is 0.0695 e. The van der Waals surface area contributed by atoms with Gasteiger partial charge in [0.1, 0.15) is 0 Å². The lowest BCUT2D eigenvalue weighted by Crippen LogP contribution is -2.57. The zero-order valence-corrected chi connectivity index (χ0v) is 10.2. The van der Waals surface area contributed by atoms with E-state index >= 15 is 0 Å². The van der Waals surface area contributed by atoms with Crippen molar-refractivity contribution < 1.29 is 5.11 Å². The molecule has 0 aromatic carbocycles. The van der Waals surface area contributed by atoms with E-state index in [1.54, 1.807) is 0 Å². The lowest BCUT2D eigenvalue weighted by Gasteiger charge is -2.49. The van der Waals surface area contributed by atoms with Crippen molar-refractivity contribution in [3.8, 4) is 0 Å². The molecule has 2 heteroatoms. The number of hydrogen-bond donors (Lipinski definition) is 1. The van der Waals surface area contributed by atoms with E-state index in [0.29, 0.717) is 11.6 Å². The Morgan fingerprint density at radius 3 is 2.47 bits per heavy atom. The number of aliphatic hydroxyl groups is 1. The van der Waals surface area contributed by atoms with Gasteiger partial charge in [-0.3, -0.25) is 4.90 Å². The predicted molar refractivity (Wildman–Crippen MR) is 62.9 cm³/mol. The molecule has 1 heterocycles. The summed E-state index contributed by atoms with van der Waals surface area (Å²) in [6, 6.07) is 0.439. The maximum Gasteiger partial charge on any atom is 0.0695 e. The number of rotatable bonds is 1. The Morgan fingerprint density at radius 2 is 1.80 bits per heavy atom. The summed E-state index contributed by atoms with van der Waals surface area (Å²) in [5, 5.41) is 10.1. The van der Waals surface area contributed by atoms with E-state index < -0.39 is 0 Å². The molecule has 1 aliphatic carbocycles. The van der Waals surface area contributed by atoms with Crippen LogP contribution in [0.5, 0.6) is 0 Å². The van der Waals surface area contributed by atoms with Crippen LogP contribution in [0.3, 0.4) is 0 Å². The van der Waals surface area contributed by atoms with Crippen molar-refractivity contribution >= 4 is 0 Å². The van der Waals surface area contributed by atoms with Crippen LogP contribution in [0.1, 0.15) is 58.8 Å². The first kappa shape index (κ1) is 11.4. The zero-order valence-electron chi connectivity index (χ0n) is 10.2. The van der Waals surface area contributed by atoms with Gasteiger partial charge in [0.2, 0.25) is 0 Å². The monoisotopic (exact) mass is 211 g/mol. The normalized spacial score (nSPS) is 37.8. The first-order valence-corrected chi connectivity index (χ1v) is 6.56. The van der Waals surface area contributed by atoms with Crippen LogP contribution in [0, 0.1) is 0 Å². The van der Waals surface area contributed by atoms with Gasteiger partial charge in [0.15, 0.2) is 0 Å². The largest absolute Gasteiger partial charge is 0.391 e. The molecular formula is C13H25NO. The molecule has 0 radical (unpaired) electrons. The second-order valence-corrected chi connectivity index (χ2v) is 5.88. The molecule has 1 aliphatic heterocycles. The average Bonchev–Trinajstić information content (AvgIpc) is 2.19. The van der Waals surface area contributed by atoms with Gasteiger partial charge in [-0.15, -0.1) is 0 Å². The Hall–Kier alpha value is -0.0800. The van der Waals surface area contributed by atoms with Crippen molar-refractivity contribution in [2.45, 2.75) is 76.5 Å².